The third-order valence-corrected chi connectivity index (χ3v) is 3.11. The second kappa shape index (κ2) is 8.78. The second-order valence-corrected chi connectivity index (χ2v) is 5.20. The van der Waals surface area contributed by atoms with Gasteiger partial charge in [-0.05, 0) is 50.6 Å². The first-order valence-electron chi connectivity index (χ1n) is 6.02. The number of unbranched alkanes of at least 4 members (excludes halogenated alkanes) is 1. The molecular formula is C13H19BrClNO. The monoisotopic (exact) mass is 319 g/mol. The maximum atomic E-state index is 6.04. The summed E-state index contributed by atoms with van der Waals surface area (Å²) >= 11 is 9.41. The van der Waals surface area contributed by atoms with Crippen LogP contribution in [-0.4, -0.2) is 19.7 Å². The number of nitrogens with one attached hydrogen (secondary N) is 1. The summed E-state index contributed by atoms with van der Waals surface area (Å²) in [5.41, 5.74) is 0. The van der Waals surface area contributed by atoms with Crippen LogP contribution in [0.1, 0.15) is 26.2 Å². The van der Waals surface area contributed by atoms with E-state index < -0.39 is 0 Å². The molecule has 0 saturated carbocycles. The van der Waals surface area contributed by atoms with E-state index in [0.29, 0.717) is 5.02 Å². The van der Waals surface area contributed by atoms with Crippen molar-refractivity contribution in [2.75, 3.05) is 19.7 Å². The van der Waals surface area contributed by atoms with Gasteiger partial charge >= 0.3 is 0 Å². The molecule has 0 aliphatic carbocycles. The zero-order valence-corrected chi connectivity index (χ0v) is 12.5. The normalized spacial score (nSPS) is 10.5. The molecule has 0 unspecified atom stereocenters. The lowest BCUT2D eigenvalue weighted by Crippen LogP contribution is -2.16. The van der Waals surface area contributed by atoms with E-state index in [1.807, 2.05) is 18.2 Å². The van der Waals surface area contributed by atoms with Crippen LogP contribution in [0.25, 0.3) is 0 Å². The van der Waals surface area contributed by atoms with Crippen LogP contribution in [0.15, 0.2) is 22.7 Å². The molecule has 0 aliphatic rings. The number of rotatable bonds is 8. The molecule has 0 heterocycles. The van der Waals surface area contributed by atoms with E-state index in [-0.39, 0.29) is 0 Å². The van der Waals surface area contributed by atoms with E-state index in [1.165, 1.54) is 6.42 Å². The fraction of sp³-hybridized carbons (Fsp3) is 0.538. The minimum atomic E-state index is 0.656. The molecule has 0 radical (unpaired) electrons. The molecule has 1 N–H and O–H groups in total. The van der Waals surface area contributed by atoms with Crippen molar-refractivity contribution in [2.24, 2.45) is 0 Å². The van der Waals surface area contributed by atoms with Gasteiger partial charge in [0.25, 0.3) is 0 Å². The van der Waals surface area contributed by atoms with E-state index >= 15 is 0 Å². The average molecular weight is 321 g/mol. The minimum absolute atomic E-state index is 0.656. The lowest BCUT2D eigenvalue weighted by atomic mass is 10.3. The van der Waals surface area contributed by atoms with E-state index in [0.717, 1.165) is 42.8 Å². The van der Waals surface area contributed by atoms with Gasteiger partial charge in [0, 0.05) is 4.47 Å². The van der Waals surface area contributed by atoms with Gasteiger partial charge in [-0.2, -0.15) is 0 Å². The fourth-order valence-electron chi connectivity index (χ4n) is 1.43. The number of ether oxygens (including phenoxy) is 1. The van der Waals surface area contributed by atoms with Crippen LogP contribution in [0, 0.1) is 0 Å². The Hall–Kier alpha value is -0.250. The smallest absolute Gasteiger partial charge is 0.137 e. The lowest BCUT2D eigenvalue weighted by Gasteiger charge is -2.08. The summed E-state index contributed by atoms with van der Waals surface area (Å²) in [4.78, 5) is 0. The summed E-state index contributed by atoms with van der Waals surface area (Å²) in [6, 6.07) is 5.67. The van der Waals surface area contributed by atoms with Crippen LogP contribution in [0.2, 0.25) is 5.02 Å². The Morgan fingerprint density at radius 3 is 2.82 bits per heavy atom. The number of halogens is 2. The highest BCUT2D eigenvalue weighted by atomic mass is 79.9. The van der Waals surface area contributed by atoms with Gasteiger partial charge in [-0.25, -0.2) is 0 Å². The largest absolute Gasteiger partial charge is 0.492 e. The third-order valence-electron chi connectivity index (χ3n) is 2.33. The van der Waals surface area contributed by atoms with Gasteiger partial charge in [-0.3, -0.25) is 0 Å². The minimum Gasteiger partial charge on any atom is -0.492 e. The summed E-state index contributed by atoms with van der Waals surface area (Å²) in [7, 11) is 0. The molecule has 0 aromatic heterocycles. The lowest BCUT2D eigenvalue weighted by molar-refractivity contribution is 0.306. The third kappa shape index (κ3) is 6.29. The SMILES string of the molecule is CCCNCCCCOc1ccc(Br)cc1Cl. The van der Waals surface area contributed by atoms with Crippen molar-refractivity contribution in [2.45, 2.75) is 26.2 Å². The summed E-state index contributed by atoms with van der Waals surface area (Å²) in [5.74, 6) is 0.761. The molecule has 4 heteroatoms. The highest BCUT2D eigenvalue weighted by molar-refractivity contribution is 9.10. The highest BCUT2D eigenvalue weighted by Crippen LogP contribution is 2.27. The zero-order valence-electron chi connectivity index (χ0n) is 10.1. The van der Waals surface area contributed by atoms with Crippen LogP contribution >= 0.6 is 27.5 Å². The first-order valence-corrected chi connectivity index (χ1v) is 7.19. The Labute approximate surface area is 117 Å². The molecule has 0 saturated heterocycles. The molecule has 96 valence electrons. The summed E-state index contributed by atoms with van der Waals surface area (Å²) in [6.45, 7) is 5.05. The first-order chi connectivity index (χ1) is 8.24. The van der Waals surface area contributed by atoms with Crippen LogP contribution in [0.3, 0.4) is 0 Å². The van der Waals surface area contributed by atoms with Crippen LogP contribution in [0.4, 0.5) is 0 Å². The van der Waals surface area contributed by atoms with E-state index in [9.17, 15) is 0 Å². The predicted octanol–water partition coefficient (Wildman–Crippen LogP) is 4.26. The molecule has 1 aromatic carbocycles. The van der Waals surface area contributed by atoms with Crippen molar-refractivity contribution in [1.29, 1.82) is 0 Å². The molecule has 0 amide bonds. The Morgan fingerprint density at radius 2 is 2.12 bits per heavy atom. The molecule has 1 aromatic rings. The van der Waals surface area contributed by atoms with Gasteiger partial charge in [-0.1, -0.05) is 34.5 Å². The van der Waals surface area contributed by atoms with Gasteiger partial charge in [0.1, 0.15) is 5.75 Å². The van der Waals surface area contributed by atoms with E-state index in [2.05, 4.69) is 28.2 Å². The van der Waals surface area contributed by atoms with Gasteiger partial charge in [0.15, 0.2) is 0 Å². The van der Waals surface area contributed by atoms with Crippen molar-refractivity contribution in [1.82, 2.24) is 5.32 Å². The molecule has 0 aliphatic heterocycles. The number of hydrogen-bond donors (Lipinski definition) is 1. The Morgan fingerprint density at radius 1 is 1.29 bits per heavy atom. The maximum Gasteiger partial charge on any atom is 0.137 e. The van der Waals surface area contributed by atoms with Crippen molar-refractivity contribution < 1.29 is 4.74 Å². The summed E-state index contributed by atoms with van der Waals surface area (Å²) in [5, 5.41) is 4.02. The van der Waals surface area contributed by atoms with Crippen molar-refractivity contribution >= 4 is 27.5 Å². The molecule has 0 spiro atoms. The molecule has 17 heavy (non-hydrogen) atoms. The average Bonchev–Trinajstić information content (AvgIpc) is 2.30. The topological polar surface area (TPSA) is 21.3 Å². The van der Waals surface area contributed by atoms with Crippen molar-refractivity contribution in [3.63, 3.8) is 0 Å². The van der Waals surface area contributed by atoms with Gasteiger partial charge in [0.05, 0.1) is 11.6 Å². The molecular weight excluding hydrogens is 302 g/mol. The standard InChI is InChI=1S/C13H19BrClNO/c1-2-7-16-8-3-4-9-17-13-6-5-11(14)10-12(13)15/h5-6,10,16H,2-4,7-9H2,1H3. The number of benzene rings is 1. The molecule has 0 fully saturated rings. The highest BCUT2D eigenvalue weighted by Gasteiger charge is 2.01. The molecule has 1 rings (SSSR count). The quantitative estimate of drug-likeness (QED) is 0.723. The Bertz CT molecular complexity index is 333. The van der Waals surface area contributed by atoms with E-state index in [4.69, 9.17) is 16.3 Å². The van der Waals surface area contributed by atoms with Gasteiger partial charge in [-0.15, -0.1) is 0 Å². The zero-order chi connectivity index (χ0) is 12.5. The summed E-state index contributed by atoms with van der Waals surface area (Å²) in [6.07, 6.45) is 3.36. The van der Waals surface area contributed by atoms with Crippen molar-refractivity contribution in [3.8, 4) is 5.75 Å². The van der Waals surface area contributed by atoms with Gasteiger partial charge < -0.3 is 10.1 Å². The maximum absolute atomic E-state index is 6.04. The van der Waals surface area contributed by atoms with Crippen LogP contribution in [0.5, 0.6) is 5.75 Å². The van der Waals surface area contributed by atoms with Crippen molar-refractivity contribution in [3.05, 3.63) is 27.7 Å². The van der Waals surface area contributed by atoms with E-state index in [1.54, 1.807) is 0 Å². The molecule has 0 bridgehead atoms. The van der Waals surface area contributed by atoms with Crippen LogP contribution in [-0.2, 0) is 0 Å². The summed E-state index contributed by atoms with van der Waals surface area (Å²) < 4.78 is 6.59. The van der Waals surface area contributed by atoms with Gasteiger partial charge in [0.2, 0.25) is 0 Å². The fourth-order valence-corrected chi connectivity index (χ4v) is 2.16. The Balaban J connectivity index is 2.14. The molecule has 2 nitrogen and oxygen atoms in total. The predicted molar refractivity (Wildman–Crippen MR) is 77.0 cm³/mol. The second-order valence-electron chi connectivity index (χ2n) is 3.88. The molecule has 0 atom stereocenters. The van der Waals surface area contributed by atoms with Crippen LogP contribution < -0.4 is 10.1 Å². The Kier molecular flexibility index (Phi) is 7.65. The first kappa shape index (κ1) is 14.8. The number of hydrogen-bond acceptors (Lipinski definition) is 2.